The van der Waals surface area contributed by atoms with Gasteiger partial charge in [-0.15, -0.1) is 10.2 Å². The Kier molecular flexibility index (Phi) is 9.77. The molecule has 4 aromatic carbocycles. The van der Waals surface area contributed by atoms with E-state index in [0.717, 1.165) is 17.7 Å². The summed E-state index contributed by atoms with van der Waals surface area (Å²) < 4.78 is 116. The van der Waals surface area contributed by atoms with Crippen LogP contribution in [0.3, 0.4) is 0 Å². The van der Waals surface area contributed by atoms with E-state index in [0.29, 0.717) is 36.5 Å². The second kappa shape index (κ2) is 13.4. The van der Waals surface area contributed by atoms with E-state index < -0.39 is 78.8 Å². The molecule has 0 unspecified atom stereocenters. The van der Waals surface area contributed by atoms with Crippen molar-refractivity contribution < 1.29 is 48.4 Å². The van der Waals surface area contributed by atoms with Crippen LogP contribution in [0.2, 0.25) is 5.28 Å². The van der Waals surface area contributed by atoms with Crippen molar-refractivity contribution in [2.75, 3.05) is 16.8 Å². The van der Waals surface area contributed by atoms with E-state index in [1.54, 1.807) is 24.0 Å². The minimum Gasteiger partial charge on any atom is -0.505 e. The van der Waals surface area contributed by atoms with Gasteiger partial charge in [0.25, 0.3) is 30.4 Å². The fourth-order valence-corrected chi connectivity index (χ4v) is 6.72. The van der Waals surface area contributed by atoms with Gasteiger partial charge in [0.05, 0.1) is 10.6 Å². The molecule has 0 atom stereocenters. The molecule has 50 heavy (non-hydrogen) atoms. The number of aromatic nitrogens is 3. The Morgan fingerprint density at radius 2 is 1.56 bits per heavy atom. The summed E-state index contributed by atoms with van der Waals surface area (Å²) in [6, 6.07) is 11.4. The molecule has 17 nitrogen and oxygen atoms in total. The first kappa shape index (κ1) is 36.4. The zero-order valence-corrected chi connectivity index (χ0v) is 28.6. The molecule has 1 heterocycles. The molecule has 0 saturated carbocycles. The van der Waals surface area contributed by atoms with Crippen molar-refractivity contribution in [3.05, 3.63) is 77.3 Å². The number of phenolic OH excluding ortho intramolecular Hbond substituents is 1. The van der Waals surface area contributed by atoms with Crippen molar-refractivity contribution >= 4 is 87.4 Å². The number of anilines is 4. The number of rotatable bonds is 10. The summed E-state index contributed by atoms with van der Waals surface area (Å²) in [6.45, 7) is 4.03. The molecule has 0 aliphatic heterocycles. The molecule has 0 saturated heterocycles. The molecule has 262 valence electrons. The molecule has 5 aromatic rings. The number of aromatic hydroxyl groups is 1. The van der Waals surface area contributed by atoms with E-state index in [-0.39, 0.29) is 22.9 Å². The van der Waals surface area contributed by atoms with Crippen LogP contribution in [0.5, 0.6) is 5.75 Å². The highest BCUT2D eigenvalue weighted by molar-refractivity contribution is 7.86. The molecule has 1 aromatic heterocycles. The van der Waals surface area contributed by atoms with Crippen molar-refractivity contribution in [2.24, 2.45) is 10.2 Å². The predicted octanol–water partition coefficient (Wildman–Crippen LogP) is 5.89. The van der Waals surface area contributed by atoms with Gasteiger partial charge >= 0.3 is 0 Å². The van der Waals surface area contributed by atoms with E-state index in [1.165, 1.54) is 0 Å². The van der Waals surface area contributed by atoms with Crippen molar-refractivity contribution in [1.29, 1.82) is 0 Å². The van der Waals surface area contributed by atoms with Crippen LogP contribution < -0.4 is 10.2 Å². The van der Waals surface area contributed by atoms with Crippen molar-refractivity contribution in [3.63, 3.8) is 0 Å². The second-order valence-corrected chi connectivity index (χ2v) is 14.9. The third-order valence-corrected chi connectivity index (χ3v) is 9.64. The number of aryl methyl sites for hydroxylation is 1. The van der Waals surface area contributed by atoms with Crippen LogP contribution in [0.25, 0.3) is 10.8 Å². The third-order valence-electron chi connectivity index (χ3n) is 6.87. The third kappa shape index (κ3) is 7.78. The molecule has 0 aliphatic rings. The normalized spacial score (nSPS) is 12.5. The average molecular weight is 768 g/mol. The molecule has 0 bridgehead atoms. The lowest BCUT2D eigenvalue weighted by molar-refractivity contribution is 0.472. The van der Waals surface area contributed by atoms with Crippen LogP contribution in [0, 0.1) is 12.7 Å². The van der Waals surface area contributed by atoms with E-state index >= 15 is 0 Å². The van der Waals surface area contributed by atoms with E-state index in [2.05, 4.69) is 30.5 Å². The summed E-state index contributed by atoms with van der Waals surface area (Å²) in [5, 5.41) is 20.0. The van der Waals surface area contributed by atoms with Crippen LogP contribution >= 0.6 is 11.6 Å². The maximum Gasteiger partial charge on any atom is 0.296 e. The molecular formula is C28H23ClFN7O10S3. The highest BCUT2D eigenvalue weighted by Crippen LogP contribution is 2.46. The molecule has 0 radical (unpaired) electrons. The lowest BCUT2D eigenvalue weighted by Gasteiger charge is -2.22. The molecule has 22 heteroatoms. The van der Waals surface area contributed by atoms with Crippen LogP contribution in [0.4, 0.5) is 39.0 Å². The van der Waals surface area contributed by atoms with Gasteiger partial charge < -0.3 is 15.3 Å². The minimum atomic E-state index is -5.32. The quantitative estimate of drug-likeness (QED) is 0.0819. The number of nitrogens with zero attached hydrogens (tertiary/aromatic N) is 6. The zero-order valence-electron chi connectivity index (χ0n) is 25.4. The van der Waals surface area contributed by atoms with Gasteiger partial charge in [-0.05, 0) is 78.9 Å². The number of hydrogen-bond acceptors (Lipinski definition) is 14. The highest BCUT2D eigenvalue weighted by Gasteiger charge is 2.27. The fourth-order valence-electron chi connectivity index (χ4n) is 4.76. The van der Waals surface area contributed by atoms with Gasteiger partial charge in [-0.2, -0.15) is 40.2 Å². The largest absolute Gasteiger partial charge is 0.505 e. The maximum atomic E-state index is 14.0. The molecule has 0 aliphatic carbocycles. The van der Waals surface area contributed by atoms with Crippen LogP contribution in [-0.2, 0) is 30.4 Å². The summed E-state index contributed by atoms with van der Waals surface area (Å²) in [5.41, 5.74) is -0.635. The van der Waals surface area contributed by atoms with Crippen molar-refractivity contribution in [1.82, 2.24) is 15.0 Å². The molecule has 0 amide bonds. The summed E-state index contributed by atoms with van der Waals surface area (Å²) >= 11 is 6.22. The van der Waals surface area contributed by atoms with Crippen LogP contribution in [-0.4, -0.2) is 65.5 Å². The molecule has 5 N–H and O–H groups in total. The number of azo groups is 1. The zero-order chi connectivity index (χ0) is 36.8. The lowest BCUT2D eigenvalue weighted by atomic mass is 10.1. The Balaban J connectivity index is 1.76. The van der Waals surface area contributed by atoms with E-state index in [1.807, 2.05) is 19.1 Å². The number of halogens is 2. The van der Waals surface area contributed by atoms with Gasteiger partial charge in [0, 0.05) is 23.7 Å². The Labute approximate surface area is 288 Å². The monoisotopic (exact) mass is 767 g/mol. The van der Waals surface area contributed by atoms with Gasteiger partial charge in [0.2, 0.25) is 17.2 Å². The number of phenols is 1. The maximum absolute atomic E-state index is 14.0. The number of benzene rings is 4. The molecule has 5 rings (SSSR count). The topological polar surface area (TPSA) is 262 Å². The van der Waals surface area contributed by atoms with Gasteiger partial charge in [-0.3, -0.25) is 13.7 Å². The number of fused-ring (bicyclic) bond motifs is 1. The van der Waals surface area contributed by atoms with Crippen LogP contribution in [0.1, 0.15) is 12.5 Å². The summed E-state index contributed by atoms with van der Waals surface area (Å²) in [7, 11) is -15.3. The fraction of sp³-hybridized carbons (Fsp3) is 0.107. The minimum absolute atomic E-state index is 0.0351. The number of hydrogen-bond donors (Lipinski definition) is 5. The SMILES string of the molecule is CCN(c1cccc(C)c1)c1nc(Cl)nc(Nc2cc(S(=O)(=O)O)cc3cc(S(=O)(=O)O)c(N=Nc4cc(F)ccc4S(=O)(=O)O)c(O)c23)n1. The van der Waals surface area contributed by atoms with Crippen molar-refractivity contribution in [2.45, 2.75) is 28.5 Å². The predicted molar refractivity (Wildman–Crippen MR) is 178 cm³/mol. The Morgan fingerprint density at radius 1 is 0.860 bits per heavy atom. The Bertz CT molecular complexity index is 2560. The smallest absolute Gasteiger partial charge is 0.296 e. The summed E-state index contributed by atoms with van der Waals surface area (Å²) in [6.07, 6.45) is 0. The van der Waals surface area contributed by atoms with Crippen molar-refractivity contribution in [3.8, 4) is 5.75 Å². The van der Waals surface area contributed by atoms with Gasteiger partial charge in [-0.1, -0.05) is 12.1 Å². The molecule has 0 spiro atoms. The highest BCUT2D eigenvalue weighted by atomic mass is 35.5. The average Bonchev–Trinajstić information content (AvgIpc) is 2.99. The first-order valence-electron chi connectivity index (χ1n) is 13.8. The van der Waals surface area contributed by atoms with Crippen LogP contribution in [0.15, 0.2) is 85.6 Å². The summed E-state index contributed by atoms with van der Waals surface area (Å²) in [5.74, 6) is -2.41. The second-order valence-electron chi connectivity index (χ2n) is 10.3. The molecular weight excluding hydrogens is 745 g/mol. The van der Waals surface area contributed by atoms with E-state index in [4.69, 9.17) is 11.6 Å². The number of nitrogens with one attached hydrogen (secondary N) is 1. The Morgan fingerprint density at radius 3 is 2.18 bits per heavy atom. The van der Waals surface area contributed by atoms with Gasteiger partial charge in [0.1, 0.15) is 27.0 Å². The standard InChI is InChI=1S/C28H23ClFN7O10S3/c1-3-37(17-6-4-5-14(2)9-17)28-33-26(29)32-27(34-28)31-20-13-18(48(39,40)41)10-15-11-22(50(45,46)47)24(25(38)23(15)20)36-35-19-12-16(30)7-8-21(19)49(42,43)44/h4-13,38H,3H2,1-2H3,(H,39,40,41)(H,42,43,44)(H,45,46,47)(H,31,32,33,34). The Hall–Kier alpha value is -4.90. The molecule has 0 fully saturated rings. The first-order chi connectivity index (χ1) is 23.3. The van der Waals surface area contributed by atoms with Gasteiger partial charge in [0.15, 0.2) is 5.75 Å². The summed E-state index contributed by atoms with van der Waals surface area (Å²) in [4.78, 5) is 11.3. The van der Waals surface area contributed by atoms with Gasteiger partial charge in [-0.25, -0.2) is 4.39 Å². The lowest BCUT2D eigenvalue weighted by Crippen LogP contribution is -2.20. The first-order valence-corrected chi connectivity index (χ1v) is 18.5. The van der Waals surface area contributed by atoms with E-state index in [9.17, 15) is 48.4 Å².